The molecule has 0 radical (unpaired) electrons. The van der Waals surface area contributed by atoms with E-state index in [1.165, 1.54) is 19.3 Å². The molecule has 0 saturated heterocycles. The highest BCUT2D eigenvalue weighted by molar-refractivity contribution is 7.85. The van der Waals surface area contributed by atoms with Gasteiger partial charge in [0.2, 0.25) is 0 Å². The smallest absolute Gasteiger partial charge is 0.0501 e. The van der Waals surface area contributed by atoms with Gasteiger partial charge in [0.1, 0.15) is 0 Å². The van der Waals surface area contributed by atoms with Gasteiger partial charge in [-0.3, -0.25) is 4.21 Å². The average Bonchev–Trinajstić information content (AvgIpc) is 2.21. The van der Waals surface area contributed by atoms with Crippen molar-refractivity contribution in [3.8, 4) is 0 Å². The Hall–Kier alpha value is 0.110. The van der Waals surface area contributed by atoms with Crippen molar-refractivity contribution in [2.45, 2.75) is 63.7 Å². The van der Waals surface area contributed by atoms with Gasteiger partial charge in [-0.25, -0.2) is 0 Å². The minimum atomic E-state index is -0.686. The van der Waals surface area contributed by atoms with E-state index in [9.17, 15) is 4.21 Å². The lowest BCUT2D eigenvalue weighted by Gasteiger charge is -2.33. The first-order chi connectivity index (χ1) is 7.19. The lowest BCUT2D eigenvalue weighted by molar-refractivity contribution is 0.313. The normalized spacial score (nSPS) is 33.9. The van der Waals surface area contributed by atoms with Crippen molar-refractivity contribution >= 4 is 10.8 Å². The van der Waals surface area contributed by atoms with Gasteiger partial charge >= 0.3 is 0 Å². The van der Waals surface area contributed by atoms with E-state index in [-0.39, 0.29) is 11.3 Å². The highest BCUT2D eigenvalue weighted by Gasteiger charge is 2.31. The Morgan fingerprint density at radius 3 is 2.60 bits per heavy atom. The largest absolute Gasteiger partial charge is 0.327 e. The number of nitrogens with two attached hydrogens (primary N) is 1. The predicted octanol–water partition coefficient (Wildman–Crippen LogP) is 2.44. The third-order valence-corrected chi connectivity index (χ3v) is 5.42. The van der Waals surface area contributed by atoms with Crippen LogP contribution >= 0.6 is 0 Å². The van der Waals surface area contributed by atoms with Crippen molar-refractivity contribution in [1.82, 2.24) is 0 Å². The van der Waals surface area contributed by atoms with Gasteiger partial charge in [-0.1, -0.05) is 26.7 Å². The molecule has 90 valence electrons. The Morgan fingerprint density at radius 1 is 1.27 bits per heavy atom. The maximum atomic E-state index is 12.0. The van der Waals surface area contributed by atoms with Gasteiger partial charge in [-0.2, -0.15) is 0 Å². The lowest BCUT2D eigenvalue weighted by atomic mass is 9.83. The molecule has 3 heteroatoms. The Labute approximate surface area is 96.5 Å². The van der Waals surface area contributed by atoms with Gasteiger partial charge in [0, 0.05) is 22.6 Å². The standard InChI is InChI=1S/C12H25NOS/c1-3-5-10-6-7-11(13)12(9-10)15(14)8-4-2/h10-12H,3-9,13H2,1-2H3. The highest BCUT2D eigenvalue weighted by atomic mass is 32.2. The van der Waals surface area contributed by atoms with Crippen molar-refractivity contribution in [3.05, 3.63) is 0 Å². The van der Waals surface area contributed by atoms with E-state index >= 15 is 0 Å². The van der Waals surface area contributed by atoms with E-state index in [1.54, 1.807) is 0 Å². The predicted molar refractivity (Wildman–Crippen MR) is 67.3 cm³/mol. The van der Waals surface area contributed by atoms with E-state index in [0.717, 1.165) is 30.9 Å². The van der Waals surface area contributed by atoms with Crippen molar-refractivity contribution < 1.29 is 4.21 Å². The summed E-state index contributed by atoms with van der Waals surface area (Å²) < 4.78 is 12.0. The highest BCUT2D eigenvalue weighted by Crippen LogP contribution is 2.30. The molecular weight excluding hydrogens is 206 g/mol. The fraction of sp³-hybridized carbons (Fsp3) is 1.00. The van der Waals surface area contributed by atoms with Crippen molar-refractivity contribution in [1.29, 1.82) is 0 Å². The molecule has 4 atom stereocenters. The molecule has 0 bridgehead atoms. The minimum Gasteiger partial charge on any atom is -0.327 e. The zero-order valence-electron chi connectivity index (χ0n) is 10.1. The second kappa shape index (κ2) is 6.64. The maximum Gasteiger partial charge on any atom is 0.0501 e. The Morgan fingerprint density at radius 2 is 2.00 bits per heavy atom. The van der Waals surface area contributed by atoms with Crippen LogP contribution in [0.1, 0.15) is 52.4 Å². The first-order valence-electron chi connectivity index (χ1n) is 6.31. The SMILES string of the molecule is CCCC1CCC(N)C(S(=O)CCC)C1. The third kappa shape index (κ3) is 3.87. The summed E-state index contributed by atoms with van der Waals surface area (Å²) in [4.78, 5) is 0. The lowest BCUT2D eigenvalue weighted by Crippen LogP contribution is -2.43. The molecule has 0 aromatic rings. The van der Waals surface area contributed by atoms with Crippen molar-refractivity contribution in [3.63, 3.8) is 0 Å². The average molecular weight is 231 g/mol. The summed E-state index contributed by atoms with van der Waals surface area (Å²) in [5.74, 6) is 1.61. The Balaban J connectivity index is 2.49. The van der Waals surface area contributed by atoms with Crippen molar-refractivity contribution in [2.24, 2.45) is 11.7 Å². The van der Waals surface area contributed by atoms with Crippen LogP contribution in [0, 0.1) is 5.92 Å². The Bertz CT molecular complexity index is 208. The quantitative estimate of drug-likeness (QED) is 0.790. The summed E-state index contributed by atoms with van der Waals surface area (Å²) in [7, 11) is -0.686. The summed E-state index contributed by atoms with van der Waals surface area (Å²) in [5.41, 5.74) is 6.08. The molecule has 1 rings (SSSR count). The molecule has 1 fully saturated rings. The first kappa shape index (κ1) is 13.2. The molecule has 0 spiro atoms. The Kier molecular flexibility index (Phi) is 5.83. The fourth-order valence-corrected chi connectivity index (χ4v) is 4.28. The molecule has 1 aliphatic carbocycles. The second-order valence-corrected chi connectivity index (χ2v) is 6.53. The van der Waals surface area contributed by atoms with Gasteiger partial charge in [0.05, 0.1) is 5.25 Å². The maximum absolute atomic E-state index is 12.0. The molecule has 0 aliphatic heterocycles. The number of hydrogen-bond donors (Lipinski definition) is 1. The molecule has 0 aromatic heterocycles. The summed E-state index contributed by atoms with van der Waals surface area (Å²) in [6.45, 7) is 4.32. The zero-order valence-corrected chi connectivity index (χ0v) is 10.9. The van der Waals surface area contributed by atoms with E-state index in [0.29, 0.717) is 0 Å². The van der Waals surface area contributed by atoms with E-state index < -0.39 is 10.8 Å². The van der Waals surface area contributed by atoms with Gasteiger partial charge < -0.3 is 5.73 Å². The van der Waals surface area contributed by atoms with Crippen LogP contribution in [0.15, 0.2) is 0 Å². The van der Waals surface area contributed by atoms with Gasteiger partial charge in [-0.15, -0.1) is 0 Å². The van der Waals surface area contributed by atoms with Crippen LogP contribution in [0.4, 0.5) is 0 Å². The van der Waals surface area contributed by atoms with E-state index in [2.05, 4.69) is 13.8 Å². The number of hydrogen-bond acceptors (Lipinski definition) is 2. The van der Waals surface area contributed by atoms with E-state index in [1.807, 2.05) is 0 Å². The molecule has 1 saturated carbocycles. The van der Waals surface area contributed by atoms with Crippen LogP contribution in [-0.4, -0.2) is 21.3 Å². The molecule has 2 N–H and O–H groups in total. The molecule has 15 heavy (non-hydrogen) atoms. The van der Waals surface area contributed by atoms with Crippen LogP contribution < -0.4 is 5.73 Å². The summed E-state index contributed by atoms with van der Waals surface area (Å²) >= 11 is 0. The third-order valence-electron chi connectivity index (χ3n) is 3.39. The van der Waals surface area contributed by atoms with Crippen LogP contribution in [0.25, 0.3) is 0 Å². The molecular formula is C12H25NOS. The first-order valence-corrected chi connectivity index (χ1v) is 7.70. The van der Waals surface area contributed by atoms with Crippen LogP contribution in [-0.2, 0) is 10.8 Å². The van der Waals surface area contributed by atoms with Gasteiger partial charge in [0.25, 0.3) is 0 Å². The number of rotatable bonds is 5. The molecule has 0 heterocycles. The molecule has 1 aliphatic rings. The fourth-order valence-electron chi connectivity index (χ4n) is 2.56. The molecule has 4 unspecified atom stereocenters. The summed E-state index contributed by atoms with van der Waals surface area (Å²) in [5, 5.41) is 0.273. The zero-order chi connectivity index (χ0) is 11.3. The van der Waals surface area contributed by atoms with Crippen LogP contribution in [0.5, 0.6) is 0 Å². The van der Waals surface area contributed by atoms with Gasteiger partial charge in [0.15, 0.2) is 0 Å². The second-order valence-electron chi connectivity index (χ2n) is 4.75. The monoisotopic (exact) mass is 231 g/mol. The van der Waals surface area contributed by atoms with Crippen LogP contribution in [0.3, 0.4) is 0 Å². The molecule has 2 nitrogen and oxygen atoms in total. The molecule has 0 amide bonds. The minimum absolute atomic E-state index is 0.186. The van der Waals surface area contributed by atoms with E-state index in [4.69, 9.17) is 5.73 Å². The van der Waals surface area contributed by atoms with Crippen molar-refractivity contribution in [2.75, 3.05) is 5.75 Å². The summed E-state index contributed by atoms with van der Waals surface area (Å²) in [6, 6.07) is 0.186. The topological polar surface area (TPSA) is 43.1 Å². The summed E-state index contributed by atoms with van der Waals surface area (Å²) in [6.07, 6.45) is 6.95. The molecule has 0 aromatic carbocycles. The van der Waals surface area contributed by atoms with Crippen LogP contribution in [0.2, 0.25) is 0 Å². The van der Waals surface area contributed by atoms with Gasteiger partial charge in [-0.05, 0) is 31.6 Å².